The van der Waals surface area contributed by atoms with Gasteiger partial charge in [0.25, 0.3) is 0 Å². The normalized spacial score (nSPS) is 17.2. The predicted molar refractivity (Wildman–Crippen MR) is 96.7 cm³/mol. The Kier molecular flexibility index (Phi) is 5.75. The van der Waals surface area contributed by atoms with Crippen LogP contribution in [0.4, 0.5) is 10.5 Å². The average molecular weight is 334 g/mol. The molecular weight excluding hydrogens is 304 g/mol. The topological polar surface area (TPSA) is 73.6 Å². The summed E-state index contributed by atoms with van der Waals surface area (Å²) >= 11 is 0. The Hall–Kier alpha value is -1.75. The van der Waals surface area contributed by atoms with Crippen LogP contribution in [0, 0.1) is 0 Å². The zero-order chi connectivity index (χ0) is 17.8. The van der Waals surface area contributed by atoms with E-state index >= 15 is 0 Å². The predicted octanol–water partition coefficient (Wildman–Crippen LogP) is 4.20. The molecule has 3 N–H and O–H groups in total. The molecule has 1 aromatic rings. The third-order valence-electron chi connectivity index (χ3n) is 4.64. The number of rotatable bonds is 4. The van der Waals surface area contributed by atoms with Crippen molar-refractivity contribution >= 4 is 11.8 Å². The first kappa shape index (κ1) is 18.6. The number of ether oxygens (including phenoxy) is 2. The molecule has 1 fully saturated rings. The molecule has 0 spiro atoms. The molecule has 1 amide bonds. The van der Waals surface area contributed by atoms with E-state index in [9.17, 15) is 4.79 Å². The van der Waals surface area contributed by atoms with Crippen molar-refractivity contribution in [3.8, 4) is 5.75 Å². The minimum absolute atomic E-state index is 0.114. The van der Waals surface area contributed by atoms with Crippen molar-refractivity contribution in [2.45, 2.75) is 63.9 Å². The number of amides is 1. The first-order valence-electron chi connectivity index (χ1n) is 8.68. The molecular formula is C19H30N2O3. The third-order valence-corrected chi connectivity index (χ3v) is 4.64. The quantitative estimate of drug-likeness (QED) is 0.865. The number of hydrogen-bond donors (Lipinski definition) is 2. The summed E-state index contributed by atoms with van der Waals surface area (Å²) in [6.07, 6.45) is 5.15. The Bertz CT molecular complexity index is 572. The molecule has 0 aromatic heterocycles. The van der Waals surface area contributed by atoms with Gasteiger partial charge in [0.15, 0.2) is 0 Å². The van der Waals surface area contributed by atoms with E-state index in [-0.39, 0.29) is 5.41 Å². The summed E-state index contributed by atoms with van der Waals surface area (Å²) in [5.41, 5.74) is 7.34. The van der Waals surface area contributed by atoms with Crippen LogP contribution < -0.4 is 15.8 Å². The van der Waals surface area contributed by atoms with Crippen molar-refractivity contribution in [3.05, 3.63) is 23.8 Å². The zero-order valence-electron chi connectivity index (χ0n) is 15.3. The van der Waals surface area contributed by atoms with Crippen molar-refractivity contribution in [3.63, 3.8) is 0 Å². The van der Waals surface area contributed by atoms with Crippen LogP contribution in [0.5, 0.6) is 5.75 Å². The monoisotopic (exact) mass is 334 g/mol. The van der Waals surface area contributed by atoms with E-state index in [0.29, 0.717) is 6.54 Å². The van der Waals surface area contributed by atoms with E-state index in [1.165, 1.54) is 6.42 Å². The first-order valence-corrected chi connectivity index (χ1v) is 8.68. The SMILES string of the molecule is COc1ccc(NC(=O)OC(C)(C)C)c(C2(CN)CCCCC2)c1. The van der Waals surface area contributed by atoms with Gasteiger partial charge >= 0.3 is 6.09 Å². The number of nitrogens with two attached hydrogens (primary N) is 1. The molecule has 1 aliphatic carbocycles. The van der Waals surface area contributed by atoms with Crippen LogP contribution in [0.2, 0.25) is 0 Å². The van der Waals surface area contributed by atoms with Crippen LogP contribution >= 0.6 is 0 Å². The Morgan fingerprint density at radius 2 is 1.92 bits per heavy atom. The van der Waals surface area contributed by atoms with Crippen LogP contribution in [0.15, 0.2) is 18.2 Å². The summed E-state index contributed by atoms with van der Waals surface area (Å²) in [5.74, 6) is 0.776. The smallest absolute Gasteiger partial charge is 0.412 e. The Morgan fingerprint density at radius 3 is 2.46 bits per heavy atom. The van der Waals surface area contributed by atoms with Gasteiger partial charge in [-0.1, -0.05) is 19.3 Å². The largest absolute Gasteiger partial charge is 0.497 e. The molecule has 0 aliphatic heterocycles. The first-order chi connectivity index (χ1) is 11.3. The van der Waals surface area contributed by atoms with Crippen molar-refractivity contribution in [2.75, 3.05) is 19.0 Å². The van der Waals surface area contributed by atoms with Crippen molar-refractivity contribution < 1.29 is 14.3 Å². The number of carbonyl (C=O) groups excluding carboxylic acids is 1. The second-order valence-electron chi connectivity index (χ2n) is 7.58. The van der Waals surface area contributed by atoms with Crippen molar-refractivity contribution in [1.29, 1.82) is 0 Å². The lowest BCUT2D eigenvalue weighted by Gasteiger charge is -2.38. The summed E-state index contributed by atoms with van der Waals surface area (Å²) < 4.78 is 10.8. The molecule has 24 heavy (non-hydrogen) atoms. The fourth-order valence-corrected chi connectivity index (χ4v) is 3.42. The second kappa shape index (κ2) is 7.43. The molecule has 0 unspecified atom stereocenters. The standard InChI is InChI=1S/C19H30N2O3/c1-18(2,3)24-17(22)21-16-9-8-14(23-4)12-15(16)19(13-20)10-6-5-7-11-19/h8-9,12H,5-7,10-11,13,20H2,1-4H3,(H,21,22). The maximum Gasteiger partial charge on any atom is 0.412 e. The number of benzene rings is 1. The second-order valence-corrected chi connectivity index (χ2v) is 7.58. The molecule has 0 atom stereocenters. The highest BCUT2D eigenvalue weighted by Crippen LogP contribution is 2.43. The van der Waals surface area contributed by atoms with E-state index in [4.69, 9.17) is 15.2 Å². The number of nitrogens with one attached hydrogen (secondary N) is 1. The third kappa shape index (κ3) is 4.41. The van der Waals surface area contributed by atoms with Crippen LogP contribution in [-0.2, 0) is 10.2 Å². The molecule has 0 saturated heterocycles. The lowest BCUT2D eigenvalue weighted by molar-refractivity contribution is 0.0635. The summed E-state index contributed by atoms with van der Waals surface area (Å²) in [5, 5.41) is 2.90. The van der Waals surface area contributed by atoms with E-state index in [1.54, 1.807) is 7.11 Å². The molecule has 0 heterocycles. The van der Waals surface area contributed by atoms with Gasteiger partial charge in [-0.15, -0.1) is 0 Å². The van der Waals surface area contributed by atoms with Gasteiger partial charge in [-0.2, -0.15) is 0 Å². The summed E-state index contributed by atoms with van der Waals surface area (Å²) in [6.45, 7) is 6.11. The Morgan fingerprint density at radius 1 is 1.25 bits per heavy atom. The van der Waals surface area contributed by atoms with Gasteiger partial charge in [-0.05, 0) is 57.4 Å². The zero-order valence-corrected chi connectivity index (χ0v) is 15.3. The van der Waals surface area contributed by atoms with Crippen LogP contribution in [0.3, 0.4) is 0 Å². The fourth-order valence-electron chi connectivity index (χ4n) is 3.42. The molecule has 0 bridgehead atoms. The highest BCUT2D eigenvalue weighted by Gasteiger charge is 2.35. The number of carbonyl (C=O) groups is 1. The van der Waals surface area contributed by atoms with Gasteiger partial charge in [0.05, 0.1) is 7.11 Å². The highest BCUT2D eigenvalue weighted by atomic mass is 16.6. The fraction of sp³-hybridized carbons (Fsp3) is 0.632. The van der Waals surface area contributed by atoms with Crippen LogP contribution in [-0.4, -0.2) is 25.3 Å². The van der Waals surface area contributed by atoms with Gasteiger partial charge in [-0.25, -0.2) is 4.79 Å². The highest BCUT2D eigenvalue weighted by molar-refractivity contribution is 5.86. The van der Waals surface area contributed by atoms with Crippen molar-refractivity contribution in [2.24, 2.45) is 5.73 Å². The molecule has 2 rings (SSSR count). The van der Waals surface area contributed by atoms with E-state index in [1.807, 2.05) is 39.0 Å². The van der Waals surface area contributed by atoms with Gasteiger partial charge in [-0.3, -0.25) is 5.32 Å². The summed E-state index contributed by atoms with van der Waals surface area (Å²) in [7, 11) is 1.65. The van der Waals surface area contributed by atoms with Crippen LogP contribution in [0.25, 0.3) is 0 Å². The van der Waals surface area contributed by atoms with Gasteiger partial charge in [0.1, 0.15) is 11.4 Å². The maximum absolute atomic E-state index is 12.2. The van der Waals surface area contributed by atoms with Crippen molar-refractivity contribution in [1.82, 2.24) is 0 Å². The maximum atomic E-state index is 12.2. The molecule has 1 aliphatic rings. The minimum atomic E-state index is -0.535. The molecule has 1 saturated carbocycles. The van der Waals surface area contributed by atoms with E-state index in [0.717, 1.165) is 42.7 Å². The summed E-state index contributed by atoms with van der Waals surface area (Å²) in [6, 6.07) is 5.73. The number of anilines is 1. The average Bonchev–Trinajstić information content (AvgIpc) is 2.54. The molecule has 1 aromatic carbocycles. The Balaban J connectivity index is 2.35. The van der Waals surface area contributed by atoms with Gasteiger partial charge in [0, 0.05) is 17.6 Å². The number of methoxy groups -OCH3 is 1. The van der Waals surface area contributed by atoms with Crippen LogP contribution in [0.1, 0.15) is 58.4 Å². The number of hydrogen-bond acceptors (Lipinski definition) is 4. The lowest BCUT2D eigenvalue weighted by atomic mass is 9.69. The molecule has 5 nitrogen and oxygen atoms in total. The van der Waals surface area contributed by atoms with E-state index < -0.39 is 11.7 Å². The minimum Gasteiger partial charge on any atom is -0.497 e. The lowest BCUT2D eigenvalue weighted by Crippen LogP contribution is -2.38. The summed E-state index contributed by atoms with van der Waals surface area (Å²) in [4.78, 5) is 12.2. The molecule has 0 radical (unpaired) electrons. The molecule has 134 valence electrons. The van der Waals surface area contributed by atoms with E-state index in [2.05, 4.69) is 5.32 Å². The molecule has 5 heteroatoms. The Labute approximate surface area is 144 Å². The van der Waals surface area contributed by atoms with Gasteiger partial charge < -0.3 is 15.2 Å². The van der Waals surface area contributed by atoms with Gasteiger partial charge in [0.2, 0.25) is 0 Å².